The lowest BCUT2D eigenvalue weighted by Crippen LogP contribution is -2.00. The Morgan fingerprint density at radius 3 is 1.39 bits per heavy atom. The molecule has 0 fully saturated rings. The van der Waals surface area contributed by atoms with Gasteiger partial charge in [0.15, 0.2) is 28.8 Å². The summed E-state index contributed by atoms with van der Waals surface area (Å²) in [7, 11) is 0. The second-order valence-corrected chi connectivity index (χ2v) is 3.74. The summed E-state index contributed by atoms with van der Waals surface area (Å²) >= 11 is 0. The van der Waals surface area contributed by atoms with E-state index in [0.717, 1.165) is 12.1 Å². The van der Waals surface area contributed by atoms with Gasteiger partial charge in [-0.3, -0.25) is 4.79 Å². The summed E-state index contributed by atoms with van der Waals surface area (Å²) < 4.78 is 0. The van der Waals surface area contributed by atoms with Gasteiger partial charge in [-0.25, -0.2) is 0 Å². The first-order valence-corrected chi connectivity index (χ1v) is 5.07. The van der Waals surface area contributed by atoms with Crippen molar-refractivity contribution in [2.75, 3.05) is 0 Å². The molecule has 0 bridgehead atoms. The topological polar surface area (TPSA) is 98.0 Å². The maximum Gasteiger partial charge on any atom is 0.193 e. The molecule has 18 heavy (non-hydrogen) atoms. The van der Waals surface area contributed by atoms with Gasteiger partial charge in [-0.15, -0.1) is 0 Å². The number of benzene rings is 2. The predicted octanol–water partition coefficient (Wildman–Crippen LogP) is 1.74. The van der Waals surface area contributed by atoms with Gasteiger partial charge in [0, 0.05) is 11.1 Å². The smallest absolute Gasteiger partial charge is 0.193 e. The van der Waals surface area contributed by atoms with Crippen LogP contribution in [-0.2, 0) is 0 Å². The normalized spacial score (nSPS) is 10.2. The van der Waals surface area contributed by atoms with Gasteiger partial charge >= 0.3 is 0 Å². The van der Waals surface area contributed by atoms with Crippen molar-refractivity contribution < 1.29 is 25.2 Å². The minimum atomic E-state index is -0.444. The summed E-state index contributed by atoms with van der Waals surface area (Å²) in [6.45, 7) is 0. The molecule has 0 heterocycles. The van der Waals surface area contributed by atoms with Crippen molar-refractivity contribution in [3.05, 3.63) is 47.5 Å². The SMILES string of the molecule is O=C(c1ccc(O)c(O)c1)c1ccc(O)c(O)c1. The Morgan fingerprint density at radius 1 is 0.667 bits per heavy atom. The van der Waals surface area contributed by atoms with Crippen LogP contribution in [0.2, 0.25) is 0 Å². The Kier molecular flexibility index (Phi) is 2.81. The van der Waals surface area contributed by atoms with Crippen LogP contribution in [0.15, 0.2) is 36.4 Å². The van der Waals surface area contributed by atoms with E-state index < -0.39 is 17.3 Å². The molecule has 5 nitrogen and oxygen atoms in total. The number of hydrogen-bond acceptors (Lipinski definition) is 5. The van der Waals surface area contributed by atoms with Gasteiger partial charge in [-0.1, -0.05) is 0 Å². The maximum absolute atomic E-state index is 12.0. The second-order valence-electron chi connectivity index (χ2n) is 3.74. The lowest BCUT2D eigenvalue weighted by atomic mass is 10.0. The van der Waals surface area contributed by atoms with Crippen molar-refractivity contribution in [1.29, 1.82) is 0 Å². The summed E-state index contributed by atoms with van der Waals surface area (Å²) in [6.07, 6.45) is 0. The maximum atomic E-state index is 12.0. The van der Waals surface area contributed by atoms with Crippen LogP contribution in [0.25, 0.3) is 0 Å². The van der Waals surface area contributed by atoms with E-state index in [2.05, 4.69) is 0 Å². The number of carbonyl (C=O) groups is 1. The monoisotopic (exact) mass is 246 g/mol. The molecule has 2 rings (SSSR count). The van der Waals surface area contributed by atoms with E-state index in [1.54, 1.807) is 0 Å². The molecule has 0 aromatic heterocycles. The van der Waals surface area contributed by atoms with Crippen molar-refractivity contribution in [1.82, 2.24) is 0 Å². The molecular formula is C13H10O5. The molecule has 0 atom stereocenters. The molecular weight excluding hydrogens is 236 g/mol. The van der Waals surface area contributed by atoms with Crippen LogP contribution in [0.4, 0.5) is 0 Å². The van der Waals surface area contributed by atoms with Gasteiger partial charge < -0.3 is 20.4 Å². The fraction of sp³-hybridized carbons (Fsp3) is 0. The van der Waals surface area contributed by atoms with E-state index in [1.807, 2.05) is 0 Å². The fourth-order valence-electron chi connectivity index (χ4n) is 1.50. The zero-order valence-corrected chi connectivity index (χ0v) is 9.16. The Balaban J connectivity index is 2.41. The van der Waals surface area contributed by atoms with E-state index in [0.29, 0.717) is 0 Å². The quantitative estimate of drug-likeness (QED) is 0.478. The third-order valence-electron chi connectivity index (χ3n) is 2.48. The van der Waals surface area contributed by atoms with Crippen molar-refractivity contribution in [3.63, 3.8) is 0 Å². The van der Waals surface area contributed by atoms with Crippen LogP contribution in [-0.4, -0.2) is 26.2 Å². The Morgan fingerprint density at radius 2 is 1.06 bits per heavy atom. The molecule has 0 radical (unpaired) electrons. The third-order valence-corrected chi connectivity index (χ3v) is 2.48. The molecule has 5 heteroatoms. The molecule has 0 unspecified atom stereocenters. The number of phenolic OH excluding ortho intramolecular Hbond substituents is 4. The van der Waals surface area contributed by atoms with Gasteiger partial charge in [0.25, 0.3) is 0 Å². The van der Waals surface area contributed by atoms with Crippen LogP contribution in [0.3, 0.4) is 0 Å². The summed E-state index contributed by atoms with van der Waals surface area (Å²) in [5, 5.41) is 36.9. The zero-order valence-electron chi connectivity index (χ0n) is 9.16. The summed E-state index contributed by atoms with van der Waals surface area (Å²) in [5.74, 6) is -1.88. The van der Waals surface area contributed by atoms with E-state index in [4.69, 9.17) is 10.2 Å². The molecule has 0 spiro atoms. The molecule has 0 saturated carbocycles. The van der Waals surface area contributed by atoms with E-state index in [9.17, 15) is 15.0 Å². The molecule has 0 amide bonds. The van der Waals surface area contributed by atoms with Crippen molar-refractivity contribution in [2.45, 2.75) is 0 Å². The number of phenols is 4. The number of aromatic hydroxyl groups is 4. The summed E-state index contributed by atoms with van der Waals surface area (Å²) in [4.78, 5) is 12.0. The van der Waals surface area contributed by atoms with Gasteiger partial charge in [-0.2, -0.15) is 0 Å². The molecule has 4 N–H and O–H groups in total. The minimum absolute atomic E-state index is 0.162. The Bertz CT molecular complexity index is 565. The molecule has 0 aliphatic heterocycles. The number of ketones is 1. The first kappa shape index (κ1) is 11.8. The summed E-state index contributed by atoms with van der Waals surface area (Å²) in [5.41, 5.74) is 0.325. The number of carbonyl (C=O) groups excluding carboxylic acids is 1. The first-order valence-electron chi connectivity index (χ1n) is 5.07. The highest BCUT2D eigenvalue weighted by Gasteiger charge is 2.13. The van der Waals surface area contributed by atoms with Crippen LogP contribution in [0, 0.1) is 0 Å². The van der Waals surface area contributed by atoms with Crippen molar-refractivity contribution >= 4 is 5.78 Å². The first-order chi connectivity index (χ1) is 8.49. The average molecular weight is 246 g/mol. The van der Waals surface area contributed by atoms with Gasteiger partial charge in [-0.05, 0) is 36.4 Å². The fourth-order valence-corrected chi connectivity index (χ4v) is 1.50. The highest BCUT2D eigenvalue weighted by Crippen LogP contribution is 2.29. The lowest BCUT2D eigenvalue weighted by Gasteiger charge is -2.04. The van der Waals surface area contributed by atoms with Gasteiger partial charge in [0.1, 0.15) is 0 Å². The van der Waals surface area contributed by atoms with E-state index >= 15 is 0 Å². The second kappa shape index (κ2) is 4.29. The Hall–Kier alpha value is -2.69. The van der Waals surface area contributed by atoms with E-state index in [-0.39, 0.29) is 22.6 Å². The molecule has 0 aliphatic rings. The minimum Gasteiger partial charge on any atom is -0.504 e. The third kappa shape index (κ3) is 2.06. The van der Waals surface area contributed by atoms with Gasteiger partial charge in [0.2, 0.25) is 0 Å². The van der Waals surface area contributed by atoms with Crippen LogP contribution >= 0.6 is 0 Å². The molecule has 2 aromatic carbocycles. The van der Waals surface area contributed by atoms with Crippen LogP contribution in [0.5, 0.6) is 23.0 Å². The molecule has 92 valence electrons. The van der Waals surface area contributed by atoms with Crippen molar-refractivity contribution in [3.8, 4) is 23.0 Å². The highest BCUT2D eigenvalue weighted by molar-refractivity contribution is 6.09. The van der Waals surface area contributed by atoms with E-state index in [1.165, 1.54) is 24.3 Å². The van der Waals surface area contributed by atoms with Gasteiger partial charge in [0.05, 0.1) is 0 Å². The van der Waals surface area contributed by atoms with Crippen LogP contribution in [0.1, 0.15) is 15.9 Å². The largest absolute Gasteiger partial charge is 0.504 e. The molecule has 0 aliphatic carbocycles. The molecule has 0 saturated heterocycles. The standard InChI is InChI=1S/C13H10O5/c14-9-3-1-7(5-11(9)16)13(18)8-2-4-10(15)12(17)6-8/h1-6,14-17H. The van der Waals surface area contributed by atoms with Crippen molar-refractivity contribution in [2.24, 2.45) is 0 Å². The molecule has 2 aromatic rings. The zero-order chi connectivity index (χ0) is 13.3. The number of hydrogen-bond donors (Lipinski definition) is 4. The summed E-state index contributed by atoms with van der Waals surface area (Å²) in [6, 6.07) is 7.34. The van der Waals surface area contributed by atoms with Crippen LogP contribution < -0.4 is 0 Å². The Labute approximate surface area is 102 Å². The lowest BCUT2D eigenvalue weighted by molar-refractivity contribution is 0.103. The highest BCUT2D eigenvalue weighted by atomic mass is 16.3. The number of rotatable bonds is 2. The average Bonchev–Trinajstić information content (AvgIpc) is 2.35. The predicted molar refractivity (Wildman–Crippen MR) is 63.0 cm³/mol.